The molecule has 4 atom stereocenters. The number of para-hydroxylation sites is 1. The number of primary amides is 2. The van der Waals surface area contributed by atoms with Crippen molar-refractivity contribution in [1.82, 2.24) is 20.9 Å². The normalized spacial score (nSPS) is 14.2. The van der Waals surface area contributed by atoms with Gasteiger partial charge in [-0.2, -0.15) is 0 Å². The van der Waals surface area contributed by atoms with E-state index in [0.717, 1.165) is 10.9 Å². The van der Waals surface area contributed by atoms with E-state index < -0.39 is 66.1 Å². The summed E-state index contributed by atoms with van der Waals surface area (Å²) in [5.41, 5.74) is 17.7. The Morgan fingerprint density at radius 1 is 0.872 bits per heavy atom. The smallest absolute Gasteiger partial charge is 0.326 e. The third-order valence-electron chi connectivity index (χ3n) is 6.09. The number of aromatic nitrogens is 1. The van der Waals surface area contributed by atoms with Gasteiger partial charge >= 0.3 is 5.97 Å². The molecule has 2 rings (SSSR count). The number of amides is 5. The predicted molar refractivity (Wildman–Crippen MR) is 140 cm³/mol. The number of benzene rings is 1. The molecule has 5 amide bonds. The zero-order valence-electron chi connectivity index (χ0n) is 21.7. The van der Waals surface area contributed by atoms with Crippen molar-refractivity contribution in [2.24, 2.45) is 23.1 Å². The van der Waals surface area contributed by atoms with Gasteiger partial charge in [-0.1, -0.05) is 32.0 Å². The van der Waals surface area contributed by atoms with Gasteiger partial charge in [0, 0.05) is 29.9 Å². The van der Waals surface area contributed by atoms with Crippen LogP contribution in [-0.2, 0) is 35.2 Å². The van der Waals surface area contributed by atoms with Gasteiger partial charge in [0.15, 0.2) is 0 Å². The molecule has 2 aromatic rings. The number of hydrogen-bond acceptors (Lipinski definition) is 7. The molecule has 212 valence electrons. The van der Waals surface area contributed by atoms with Crippen molar-refractivity contribution in [3.05, 3.63) is 36.0 Å². The topological polar surface area (TPSA) is 253 Å². The predicted octanol–water partition coefficient (Wildman–Crippen LogP) is -1.63. The Morgan fingerprint density at radius 3 is 2.05 bits per heavy atom. The molecule has 4 unspecified atom stereocenters. The van der Waals surface area contributed by atoms with Crippen LogP contribution in [0, 0.1) is 5.92 Å². The summed E-state index contributed by atoms with van der Waals surface area (Å²) >= 11 is 0. The van der Waals surface area contributed by atoms with E-state index in [2.05, 4.69) is 20.9 Å². The molecule has 1 heterocycles. The number of fused-ring (bicyclic) bond motifs is 1. The van der Waals surface area contributed by atoms with Crippen LogP contribution < -0.4 is 33.2 Å². The Balaban J connectivity index is 2.33. The summed E-state index contributed by atoms with van der Waals surface area (Å²) in [5.74, 6) is -5.83. The highest BCUT2D eigenvalue weighted by Crippen LogP contribution is 2.19. The van der Waals surface area contributed by atoms with Crippen LogP contribution in [0.25, 0.3) is 10.9 Å². The number of carboxylic acids is 1. The summed E-state index contributed by atoms with van der Waals surface area (Å²) in [6.45, 7) is 3.49. The van der Waals surface area contributed by atoms with E-state index in [1.807, 2.05) is 24.3 Å². The molecular weight excluding hydrogens is 510 g/mol. The minimum absolute atomic E-state index is 0.0238. The molecule has 39 heavy (non-hydrogen) atoms. The summed E-state index contributed by atoms with van der Waals surface area (Å²) in [6, 6.07) is 2.16. The highest BCUT2D eigenvalue weighted by atomic mass is 16.4. The van der Waals surface area contributed by atoms with Crippen LogP contribution in [0.4, 0.5) is 0 Å². The second kappa shape index (κ2) is 13.9. The standard InChI is InChI=1S/C25H35N7O7/c1-12(2)21(28)24(37)31-17(9-13-11-29-15-6-4-3-5-14(13)15)23(36)30-16(7-8-19(26)33)22(35)32-18(25(38)39)10-20(27)34/h3-6,11-12,16-18,21,29H,7-10,28H2,1-2H3,(H2,26,33)(H2,27,34)(H,30,36)(H,31,37)(H,32,35)(H,38,39). The van der Waals surface area contributed by atoms with Gasteiger partial charge in [0.05, 0.1) is 12.5 Å². The maximum absolute atomic E-state index is 13.4. The van der Waals surface area contributed by atoms with Crippen LogP contribution in [0.15, 0.2) is 30.5 Å². The van der Waals surface area contributed by atoms with Crippen LogP contribution in [0.5, 0.6) is 0 Å². The maximum Gasteiger partial charge on any atom is 0.326 e. The number of nitrogens with one attached hydrogen (secondary N) is 4. The van der Waals surface area contributed by atoms with Crippen molar-refractivity contribution < 1.29 is 33.9 Å². The average molecular weight is 546 g/mol. The molecule has 0 aliphatic carbocycles. The number of hydrogen-bond donors (Lipinski definition) is 8. The van der Waals surface area contributed by atoms with E-state index in [-0.39, 0.29) is 25.2 Å². The van der Waals surface area contributed by atoms with Gasteiger partial charge in [-0.05, 0) is 24.0 Å². The van der Waals surface area contributed by atoms with Crippen molar-refractivity contribution in [2.45, 2.75) is 63.7 Å². The Kier molecular flexibility index (Phi) is 11.0. The number of nitrogens with two attached hydrogens (primary N) is 3. The van der Waals surface area contributed by atoms with Gasteiger partial charge in [0.25, 0.3) is 0 Å². The second-order valence-electron chi connectivity index (χ2n) is 9.53. The first-order valence-corrected chi connectivity index (χ1v) is 12.3. The number of rotatable bonds is 15. The van der Waals surface area contributed by atoms with E-state index in [1.165, 1.54) is 0 Å². The van der Waals surface area contributed by atoms with Gasteiger partial charge < -0.3 is 43.2 Å². The maximum atomic E-state index is 13.4. The molecule has 0 aliphatic heterocycles. The van der Waals surface area contributed by atoms with Crippen LogP contribution in [0.3, 0.4) is 0 Å². The lowest BCUT2D eigenvalue weighted by molar-refractivity contribution is -0.144. The van der Waals surface area contributed by atoms with E-state index in [0.29, 0.717) is 5.56 Å². The lowest BCUT2D eigenvalue weighted by Crippen LogP contribution is -2.58. The number of H-pyrrole nitrogens is 1. The Bertz CT molecular complexity index is 1230. The molecule has 14 heteroatoms. The Morgan fingerprint density at radius 2 is 1.46 bits per heavy atom. The van der Waals surface area contributed by atoms with E-state index in [1.54, 1.807) is 20.0 Å². The van der Waals surface area contributed by atoms with Crippen LogP contribution >= 0.6 is 0 Å². The number of aliphatic carboxylic acids is 1. The molecule has 0 aliphatic rings. The lowest BCUT2D eigenvalue weighted by atomic mass is 10.0. The van der Waals surface area contributed by atoms with E-state index in [9.17, 15) is 33.9 Å². The average Bonchev–Trinajstić information content (AvgIpc) is 3.27. The molecule has 1 aromatic carbocycles. The minimum Gasteiger partial charge on any atom is -0.480 e. The molecule has 0 spiro atoms. The molecule has 0 saturated carbocycles. The first-order chi connectivity index (χ1) is 18.3. The number of carboxylic acid groups (broad SMARTS) is 1. The number of carbonyl (C=O) groups excluding carboxylic acids is 5. The van der Waals surface area contributed by atoms with Crippen molar-refractivity contribution in [3.8, 4) is 0 Å². The van der Waals surface area contributed by atoms with Crippen molar-refractivity contribution in [3.63, 3.8) is 0 Å². The van der Waals surface area contributed by atoms with Crippen LogP contribution in [-0.4, -0.2) is 69.8 Å². The Labute approximate surface area is 224 Å². The monoisotopic (exact) mass is 545 g/mol. The molecule has 0 fully saturated rings. The largest absolute Gasteiger partial charge is 0.480 e. The fraction of sp³-hybridized carbons (Fsp3) is 0.440. The van der Waals surface area contributed by atoms with Gasteiger partial charge in [0.1, 0.15) is 18.1 Å². The second-order valence-corrected chi connectivity index (χ2v) is 9.53. The van der Waals surface area contributed by atoms with Gasteiger partial charge in [-0.25, -0.2) is 4.79 Å². The molecule has 0 saturated heterocycles. The van der Waals surface area contributed by atoms with Gasteiger partial charge in [-0.3, -0.25) is 24.0 Å². The van der Waals surface area contributed by atoms with Crippen LogP contribution in [0.1, 0.15) is 38.7 Å². The third kappa shape index (κ3) is 9.10. The van der Waals surface area contributed by atoms with E-state index >= 15 is 0 Å². The SMILES string of the molecule is CC(C)C(N)C(=O)NC(Cc1c[nH]c2ccccc12)C(=O)NC(CCC(N)=O)C(=O)NC(CC(N)=O)C(=O)O. The number of aromatic amines is 1. The molecule has 0 radical (unpaired) electrons. The third-order valence-corrected chi connectivity index (χ3v) is 6.09. The van der Waals surface area contributed by atoms with Crippen molar-refractivity contribution in [1.29, 1.82) is 0 Å². The molecular formula is C25H35N7O7. The van der Waals surface area contributed by atoms with Gasteiger partial charge in [-0.15, -0.1) is 0 Å². The fourth-order valence-corrected chi connectivity index (χ4v) is 3.80. The summed E-state index contributed by atoms with van der Waals surface area (Å²) in [7, 11) is 0. The number of carbonyl (C=O) groups is 6. The highest BCUT2D eigenvalue weighted by Gasteiger charge is 2.32. The zero-order valence-corrected chi connectivity index (χ0v) is 21.7. The van der Waals surface area contributed by atoms with Crippen LogP contribution in [0.2, 0.25) is 0 Å². The summed E-state index contributed by atoms with van der Waals surface area (Å²) in [4.78, 5) is 76.3. The first kappa shape index (κ1) is 30.8. The van der Waals surface area contributed by atoms with Crippen molar-refractivity contribution in [2.75, 3.05) is 0 Å². The summed E-state index contributed by atoms with van der Waals surface area (Å²) in [6.07, 6.45) is 0.441. The zero-order chi connectivity index (χ0) is 29.3. The summed E-state index contributed by atoms with van der Waals surface area (Å²) < 4.78 is 0. The van der Waals surface area contributed by atoms with E-state index in [4.69, 9.17) is 17.2 Å². The highest BCUT2D eigenvalue weighted by molar-refractivity contribution is 5.95. The molecule has 11 N–H and O–H groups in total. The lowest BCUT2D eigenvalue weighted by Gasteiger charge is -2.25. The molecule has 0 bridgehead atoms. The quantitative estimate of drug-likeness (QED) is 0.129. The first-order valence-electron chi connectivity index (χ1n) is 12.3. The summed E-state index contributed by atoms with van der Waals surface area (Å²) in [5, 5.41) is 17.4. The minimum atomic E-state index is -1.66. The van der Waals surface area contributed by atoms with Crippen molar-refractivity contribution >= 4 is 46.4 Å². The fourth-order valence-electron chi connectivity index (χ4n) is 3.80. The molecule has 14 nitrogen and oxygen atoms in total. The molecule has 1 aromatic heterocycles. The Hall–Kier alpha value is -4.46. The van der Waals surface area contributed by atoms with Gasteiger partial charge in [0.2, 0.25) is 29.5 Å².